The number of hydrogen-bond acceptors (Lipinski definition) is 8. The first-order chi connectivity index (χ1) is 9.73. The Balaban J connectivity index is 2.68. The van der Waals surface area contributed by atoms with Crippen LogP contribution in [0, 0.1) is 22.7 Å². The third-order valence-corrected chi connectivity index (χ3v) is 2.23. The highest BCUT2D eigenvalue weighted by molar-refractivity contribution is 5.68. The molecular weight excluding hydrogens is 260 g/mol. The Hall–Kier alpha value is -3.00. The molecule has 8 heteroatoms. The molecule has 0 saturated heterocycles. The number of hydrogen-bond donors (Lipinski definition) is 0. The molecule has 0 amide bonds. The molecule has 0 aliphatic rings. The van der Waals surface area contributed by atoms with Crippen molar-refractivity contribution in [3.05, 3.63) is 11.4 Å². The Labute approximate surface area is 114 Å². The summed E-state index contributed by atoms with van der Waals surface area (Å²) < 4.78 is 10.6. The average molecular weight is 270 g/mol. The summed E-state index contributed by atoms with van der Waals surface area (Å²) in [6.45, 7) is 4.36. The summed E-state index contributed by atoms with van der Waals surface area (Å²) in [5.41, 5.74) is 0.0710. The maximum absolute atomic E-state index is 8.91. The minimum atomic E-state index is -0.0964. The number of aromatic nitrogens is 4. The molecule has 0 saturated carbocycles. The molecule has 0 N–H and O–H groups in total. The van der Waals surface area contributed by atoms with Crippen molar-refractivity contribution in [2.24, 2.45) is 0 Å². The highest BCUT2D eigenvalue weighted by atomic mass is 16.5. The predicted molar refractivity (Wildman–Crippen MR) is 66.9 cm³/mol. The largest absolute Gasteiger partial charge is 0.474 e. The number of nitriles is 2. The molecule has 0 aliphatic carbocycles. The van der Waals surface area contributed by atoms with Crippen LogP contribution in [0.25, 0.3) is 11.3 Å². The third kappa shape index (κ3) is 2.40. The van der Waals surface area contributed by atoms with Gasteiger partial charge in [0.15, 0.2) is 11.4 Å². The van der Waals surface area contributed by atoms with Gasteiger partial charge in [0.2, 0.25) is 11.3 Å². The first-order valence-corrected chi connectivity index (χ1v) is 5.89. The molecule has 20 heavy (non-hydrogen) atoms. The van der Waals surface area contributed by atoms with Crippen LogP contribution in [0.5, 0.6) is 11.8 Å². The van der Waals surface area contributed by atoms with E-state index >= 15 is 0 Å². The Morgan fingerprint density at radius 2 is 1.20 bits per heavy atom. The van der Waals surface area contributed by atoms with Crippen molar-refractivity contribution in [2.75, 3.05) is 13.2 Å². The Morgan fingerprint density at radius 3 is 1.50 bits per heavy atom. The quantitative estimate of drug-likeness (QED) is 0.806. The van der Waals surface area contributed by atoms with Crippen LogP contribution >= 0.6 is 0 Å². The molecule has 2 heterocycles. The molecule has 0 radical (unpaired) electrons. The van der Waals surface area contributed by atoms with Gasteiger partial charge in [-0.3, -0.25) is 0 Å². The van der Waals surface area contributed by atoms with E-state index in [-0.39, 0.29) is 34.4 Å². The van der Waals surface area contributed by atoms with Crippen LogP contribution in [0.4, 0.5) is 0 Å². The van der Waals surface area contributed by atoms with E-state index in [2.05, 4.69) is 19.9 Å². The van der Waals surface area contributed by atoms with Gasteiger partial charge in [-0.15, -0.1) is 0 Å². The molecule has 0 atom stereocenters. The molecular formula is C12H10N6O2. The second-order valence-corrected chi connectivity index (χ2v) is 3.49. The SMILES string of the molecule is CCOc1nc2nc(C#N)c(C#N)nc2nc1OCC. The zero-order chi connectivity index (χ0) is 14.5. The van der Waals surface area contributed by atoms with Gasteiger partial charge in [-0.05, 0) is 13.8 Å². The smallest absolute Gasteiger partial charge is 0.280 e. The standard InChI is InChI=1S/C12H10N6O2/c1-3-19-11-12(20-4-2)18-10-9(17-11)15-7(5-13)8(6-14)16-10/h3-4H2,1-2H3. The van der Waals surface area contributed by atoms with Crippen LogP contribution in [-0.4, -0.2) is 33.1 Å². The van der Waals surface area contributed by atoms with Crippen molar-refractivity contribution in [3.8, 4) is 23.9 Å². The van der Waals surface area contributed by atoms with E-state index in [0.29, 0.717) is 13.2 Å². The van der Waals surface area contributed by atoms with Crippen LogP contribution < -0.4 is 9.47 Å². The second-order valence-electron chi connectivity index (χ2n) is 3.49. The summed E-state index contributed by atoms with van der Waals surface area (Å²) in [5.74, 6) is 0.370. The first-order valence-electron chi connectivity index (χ1n) is 5.89. The van der Waals surface area contributed by atoms with Gasteiger partial charge in [-0.2, -0.15) is 20.5 Å². The summed E-state index contributed by atoms with van der Waals surface area (Å²) >= 11 is 0. The molecule has 0 fully saturated rings. The zero-order valence-corrected chi connectivity index (χ0v) is 10.9. The lowest BCUT2D eigenvalue weighted by molar-refractivity contribution is 0.270. The second kappa shape index (κ2) is 5.76. The van der Waals surface area contributed by atoms with Crippen LogP contribution in [-0.2, 0) is 0 Å². The lowest BCUT2D eigenvalue weighted by Crippen LogP contribution is -2.06. The molecule has 2 aromatic heterocycles. The van der Waals surface area contributed by atoms with E-state index in [1.807, 2.05) is 0 Å². The summed E-state index contributed by atoms with van der Waals surface area (Å²) in [4.78, 5) is 16.2. The maximum atomic E-state index is 8.91. The fraction of sp³-hybridized carbons (Fsp3) is 0.333. The fourth-order valence-corrected chi connectivity index (χ4v) is 1.47. The van der Waals surface area contributed by atoms with E-state index in [1.165, 1.54) is 0 Å². The van der Waals surface area contributed by atoms with Gasteiger partial charge in [-0.25, -0.2) is 9.97 Å². The highest BCUT2D eigenvalue weighted by Gasteiger charge is 2.16. The number of fused-ring (bicyclic) bond motifs is 1. The van der Waals surface area contributed by atoms with Gasteiger partial charge in [-0.1, -0.05) is 0 Å². The molecule has 8 nitrogen and oxygen atoms in total. The van der Waals surface area contributed by atoms with Gasteiger partial charge in [0, 0.05) is 0 Å². The molecule has 0 spiro atoms. The number of ether oxygens (including phenoxy) is 2. The van der Waals surface area contributed by atoms with E-state index in [0.717, 1.165) is 0 Å². The normalized spacial score (nSPS) is 9.80. The predicted octanol–water partition coefficient (Wildman–Crippen LogP) is 0.961. The van der Waals surface area contributed by atoms with Crippen LogP contribution in [0.1, 0.15) is 25.2 Å². The topological polar surface area (TPSA) is 118 Å². The lowest BCUT2D eigenvalue weighted by atomic mass is 10.3. The molecule has 2 rings (SSSR count). The average Bonchev–Trinajstić information content (AvgIpc) is 2.47. The van der Waals surface area contributed by atoms with Gasteiger partial charge in [0.05, 0.1) is 13.2 Å². The maximum Gasteiger partial charge on any atom is 0.280 e. The van der Waals surface area contributed by atoms with Crippen molar-refractivity contribution < 1.29 is 9.47 Å². The molecule has 0 unspecified atom stereocenters. The fourth-order valence-electron chi connectivity index (χ4n) is 1.47. The summed E-state index contributed by atoms with van der Waals surface area (Å²) in [7, 11) is 0. The van der Waals surface area contributed by atoms with Crippen LogP contribution in [0.3, 0.4) is 0 Å². The van der Waals surface area contributed by atoms with Gasteiger partial charge in [0.25, 0.3) is 11.8 Å². The van der Waals surface area contributed by atoms with Crippen molar-refractivity contribution in [3.63, 3.8) is 0 Å². The van der Waals surface area contributed by atoms with Crippen molar-refractivity contribution in [1.29, 1.82) is 10.5 Å². The summed E-state index contributed by atoms with van der Waals surface area (Å²) in [5, 5.41) is 17.8. The van der Waals surface area contributed by atoms with Crippen LogP contribution in [0.2, 0.25) is 0 Å². The van der Waals surface area contributed by atoms with Crippen molar-refractivity contribution >= 4 is 11.3 Å². The van der Waals surface area contributed by atoms with E-state index in [1.54, 1.807) is 26.0 Å². The lowest BCUT2D eigenvalue weighted by Gasteiger charge is -2.09. The Kier molecular flexibility index (Phi) is 3.87. The Bertz CT molecular complexity index is 669. The van der Waals surface area contributed by atoms with Gasteiger partial charge < -0.3 is 9.47 Å². The van der Waals surface area contributed by atoms with Gasteiger partial charge >= 0.3 is 0 Å². The summed E-state index contributed by atoms with van der Waals surface area (Å²) in [6, 6.07) is 3.59. The van der Waals surface area contributed by atoms with E-state index in [9.17, 15) is 0 Å². The molecule has 100 valence electrons. The van der Waals surface area contributed by atoms with Gasteiger partial charge in [0.1, 0.15) is 12.1 Å². The van der Waals surface area contributed by atoms with E-state index in [4.69, 9.17) is 20.0 Å². The number of nitrogens with zero attached hydrogens (tertiary/aromatic N) is 6. The van der Waals surface area contributed by atoms with Crippen LogP contribution in [0.15, 0.2) is 0 Å². The Morgan fingerprint density at radius 1 is 0.800 bits per heavy atom. The van der Waals surface area contributed by atoms with Crippen molar-refractivity contribution in [1.82, 2.24) is 19.9 Å². The minimum absolute atomic E-state index is 0.0964. The highest BCUT2D eigenvalue weighted by Crippen LogP contribution is 2.24. The third-order valence-electron chi connectivity index (χ3n) is 2.23. The molecule has 2 aromatic rings. The summed E-state index contributed by atoms with van der Waals surface area (Å²) in [6.07, 6.45) is 0. The first kappa shape index (κ1) is 13.4. The molecule has 0 aliphatic heterocycles. The van der Waals surface area contributed by atoms with E-state index < -0.39 is 0 Å². The molecule has 0 bridgehead atoms. The van der Waals surface area contributed by atoms with Crippen molar-refractivity contribution in [2.45, 2.75) is 13.8 Å². The molecule has 0 aromatic carbocycles. The zero-order valence-electron chi connectivity index (χ0n) is 10.9. The minimum Gasteiger partial charge on any atom is -0.474 e. The monoisotopic (exact) mass is 270 g/mol. The number of rotatable bonds is 4.